The first kappa shape index (κ1) is 14.4. The maximum atomic E-state index is 12.1. The Morgan fingerprint density at radius 1 is 1.53 bits per heavy atom. The average Bonchev–Trinajstić information content (AvgIpc) is 2.76. The minimum Gasteiger partial charge on any atom is -0.493 e. The summed E-state index contributed by atoms with van der Waals surface area (Å²) in [5.41, 5.74) is 2.05. The van der Waals surface area contributed by atoms with Gasteiger partial charge >= 0.3 is 0 Å². The Labute approximate surface area is 119 Å². The van der Waals surface area contributed by atoms with Gasteiger partial charge in [0.1, 0.15) is 11.5 Å². The molecule has 0 spiro atoms. The van der Waals surface area contributed by atoms with E-state index in [9.17, 15) is 4.79 Å². The molecule has 1 heterocycles. The Hall–Kier alpha value is -1.06. The Kier molecular flexibility index (Phi) is 4.83. The Morgan fingerprint density at radius 3 is 3.05 bits per heavy atom. The van der Waals surface area contributed by atoms with E-state index < -0.39 is 0 Å². The number of benzene rings is 1. The van der Waals surface area contributed by atoms with E-state index in [4.69, 9.17) is 16.3 Å². The van der Waals surface area contributed by atoms with Crippen LogP contribution < -0.4 is 10.1 Å². The molecule has 0 radical (unpaired) electrons. The molecule has 19 heavy (non-hydrogen) atoms. The number of carbonyl (C=O) groups excluding carboxylic acids is 1. The highest BCUT2D eigenvalue weighted by Gasteiger charge is 2.19. The molecular formula is C15H20ClNO2. The number of ether oxygens (including phenoxy) is 1. The van der Waals surface area contributed by atoms with Gasteiger partial charge in [-0.1, -0.05) is 18.5 Å². The predicted octanol–water partition coefficient (Wildman–Crippen LogP) is 2.77. The number of halogens is 1. The van der Waals surface area contributed by atoms with Gasteiger partial charge in [0.15, 0.2) is 0 Å². The molecule has 2 rings (SSSR count). The Balaban J connectivity index is 2.05. The number of ketones is 1. The molecule has 3 nitrogen and oxygen atoms in total. The van der Waals surface area contributed by atoms with Gasteiger partial charge in [0.25, 0.3) is 0 Å². The third-order valence-electron chi connectivity index (χ3n) is 3.30. The summed E-state index contributed by atoms with van der Waals surface area (Å²) in [5, 5.41) is 3.93. The van der Waals surface area contributed by atoms with Gasteiger partial charge in [0.05, 0.1) is 6.61 Å². The lowest BCUT2D eigenvalue weighted by atomic mass is 10.0. The average molecular weight is 282 g/mol. The van der Waals surface area contributed by atoms with Crippen LogP contribution in [0.4, 0.5) is 0 Å². The van der Waals surface area contributed by atoms with Crippen LogP contribution in [-0.4, -0.2) is 25.0 Å². The van der Waals surface area contributed by atoms with Gasteiger partial charge in [-0.15, -0.1) is 0 Å². The van der Waals surface area contributed by atoms with E-state index in [0.717, 1.165) is 29.8 Å². The number of carbonyl (C=O) groups is 1. The zero-order valence-electron chi connectivity index (χ0n) is 11.5. The number of Topliss-reactive ketones (excluding diaryl/α,β-unsaturated/α-hetero) is 1. The predicted molar refractivity (Wildman–Crippen MR) is 77.1 cm³/mol. The second kappa shape index (κ2) is 6.40. The maximum Gasteiger partial charge on any atom is 0.138 e. The van der Waals surface area contributed by atoms with Crippen molar-refractivity contribution in [2.24, 2.45) is 0 Å². The molecule has 0 fully saturated rings. The van der Waals surface area contributed by atoms with Crippen molar-refractivity contribution in [2.75, 3.05) is 13.2 Å². The van der Waals surface area contributed by atoms with E-state index in [2.05, 4.69) is 5.32 Å². The molecule has 104 valence electrons. The molecule has 1 aliphatic rings. The summed E-state index contributed by atoms with van der Waals surface area (Å²) < 4.78 is 5.61. The molecule has 4 heteroatoms. The van der Waals surface area contributed by atoms with Gasteiger partial charge in [-0.3, -0.25) is 4.79 Å². The highest BCUT2D eigenvalue weighted by Crippen LogP contribution is 2.33. The van der Waals surface area contributed by atoms with Crippen LogP contribution >= 0.6 is 11.6 Å². The number of fused-ring (bicyclic) bond motifs is 1. The van der Waals surface area contributed by atoms with Crippen molar-refractivity contribution in [3.05, 3.63) is 28.3 Å². The molecule has 0 saturated carbocycles. The van der Waals surface area contributed by atoms with Crippen molar-refractivity contribution in [3.8, 4) is 5.75 Å². The monoisotopic (exact) mass is 281 g/mol. The molecule has 1 atom stereocenters. The summed E-state index contributed by atoms with van der Waals surface area (Å²) in [6, 6.07) is 3.99. The number of rotatable bonds is 6. The van der Waals surface area contributed by atoms with Crippen LogP contribution in [0.25, 0.3) is 0 Å². The highest BCUT2D eigenvalue weighted by molar-refractivity contribution is 6.30. The molecule has 1 N–H and O–H groups in total. The van der Waals surface area contributed by atoms with Crippen LogP contribution in [0.1, 0.15) is 31.4 Å². The van der Waals surface area contributed by atoms with Gasteiger partial charge in [-0.05, 0) is 31.2 Å². The largest absolute Gasteiger partial charge is 0.493 e. The van der Waals surface area contributed by atoms with Gasteiger partial charge < -0.3 is 10.1 Å². The van der Waals surface area contributed by atoms with Crippen LogP contribution in [0, 0.1) is 0 Å². The summed E-state index contributed by atoms with van der Waals surface area (Å²) in [6.45, 7) is 5.63. The first-order valence-electron chi connectivity index (χ1n) is 6.79. The van der Waals surface area contributed by atoms with E-state index in [-0.39, 0.29) is 11.8 Å². The van der Waals surface area contributed by atoms with Crippen LogP contribution in [-0.2, 0) is 17.6 Å². The fraction of sp³-hybridized carbons (Fsp3) is 0.533. The van der Waals surface area contributed by atoms with Crippen LogP contribution in [0.2, 0.25) is 5.02 Å². The van der Waals surface area contributed by atoms with E-state index in [0.29, 0.717) is 24.5 Å². The molecule has 1 aromatic carbocycles. The summed E-state index contributed by atoms with van der Waals surface area (Å²) in [4.78, 5) is 12.1. The van der Waals surface area contributed by atoms with Gasteiger partial charge in [0, 0.05) is 35.9 Å². The fourth-order valence-electron chi connectivity index (χ4n) is 2.52. The number of nitrogens with one attached hydrogen (secondary N) is 1. The van der Waals surface area contributed by atoms with E-state index in [1.807, 2.05) is 26.0 Å². The first-order valence-corrected chi connectivity index (χ1v) is 7.17. The Bertz CT molecular complexity index is 473. The molecular weight excluding hydrogens is 262 g/mol. The van der Waals surface area contributed by atoms with Crippen LogP contribution in [0.15, 0.2) is 12.1 Å². The van der Waals surface area contributed by atoms with Crippen molar-refractivity contribution in [3.63, 3.8) is 0 Å². The quantitative estimate of drug-likeness (QED) is 0.871. The summed E-state index contributed by atoms with van der Waals surface area (Å²) >= 11 is 6.09. The minimum absolute atomic E-state index is 0.214. The van der Waals surface area contributed by atoms with E-state index in [1.165, 1.54) is 0 Å². The molecule has 0 bridgehead atoms. The normalized spacial score (nSPS) is 14.9. The van der Waals surface area contributed by atoms with Gasteiger partial charge in [-0.2, -0.15) is 0 Å². The summed E-state index contributed by atoms with van der Waals surface area (Å²) in [7, 11) is 0. The highest BCUT2D eigenvalue weighted by atomic mass is 35.5. The molecule has 1 aromatic rings. The van der Waals surface area contributed by atoms with Gasteiger partial charge in [-0.25, -0.2) is 0 Å². The molecule has 0 amide bonds. The van der Waals surface area contributed by atoms with Crippen LogP contribution in [0.3, 0.4) is 0 Å². The molecule has 0 saturated heterocycles. The van der Waals surface area contributed by atoms with Crippen molar-refractivity contribution >= 4 is 17.4 Å². The minimum atomic E-state index is 0.214. The van der Waals surface area contributed by atoms with Crippen molar-refractivity contribution < 1.29 is 9.53 Å². The molecule has 0 aromatic heterocycles. The van der Waals surface area contributed by atoms with Crippen molar-refractivity contribution in [1.82, 2.24) is 5.32 Å². The lowest BCUT2D eigenvalue weighted by molar-refractivity contribution is -0.118. The van der Waals surface area contributed by atoms with E-state index >= 15 is 0 Å². The Morgan fingerprint density at radius 2 is 2.32 bits per heavy atom. The van der Waals surface area contributed by atoms with Crippen molar-refractivity contribution in [2.45, 2.75) is 39.2 Å². The summed E-state index contributed by atoms with van der Waals surface area (Å²) in [5.74, 6) is 1.09. The molecule has 1 aliphatic heterocycles. The van der Waals surface area contributed by atoms with Gasteiger partial charge in [0.2, 0.25) is 0 Å². The lowest BCUT2D eigenvalue weighted by Gasteiger charge is -2.12. The summed E-state index contributed by atoms with van der Waals surface area (Å²) in [6.07, 6.45) is 1.82. The lowest BCUT2D eigenvalue weighted by Crippen LogP contribution is -2.28. The third kappa shape index (κ3) is 3.71. The van der Waals surface area contributed by atoms with Crippen LogP contribution in [0.5, 0.6) is 5.75 Å². The molecule has 1 unspecified atom stereocenters. The number of hydrogen-bond donors (Lipinski definition) is 1. The SMILES string of the molecule is CCNC(C)CC(=O)Cc1cc(Cl)cc2c1OCC2. The second-order valence-electron chi connectivity index (χ2n) is 5.03. The molecule has 0 aliphatic carbocycles. The number of hydrogen-bond acceptors (Lipinski definition) is 3. The fourth-order valence-corrected chi connectivity index (χ4v) is 2.79. The third-order valence-corrected chi connectivity index (χ3v) is 3.52. The zero-order valence-corrected chi connectivity index (χ0v) is 12.2. The second-order valence-corrected chi connectivity index (χ2v) is 5.47. The standard InChI is InChI=1S/C15H20ClNO2/c1-3-17-10(2)6-14(18)9-12-8-13(16)7-11-4-5-19-15(11)12/h7-8,10,17H,3-6,9H2,1-2H3. The zero-order chi connectivity index (χ0) is 13.8. The topological polar surface area (TPSA) is 38.3 Å². The first-order chi connectivity index (χ1) is 9.10. The smallest absolute Gasteiger partial charge is 0.138 e. The maximum absolute atomic E-state index is 12.1. The van der Waals surface area contributed by atoms with Crippen molar-refractivity contribution in [1.29, 1.82) is 0 Å². The van der Waals surface area contributed by atoms with E-state index in [1.54, 1.807) is 0 Å².